The molecule has 102 valence electrons. The minimum Gasteiger partial charge on any atom is -0.313 e. The molecule has 18 heavy (non-hydrogen) atoms. The first kappa shape index (κ1) is 14.0. The third-order valence-electron chi connectivity index (χ3n) is 3.61. The number of aromatic nitrogens is 1. The van der Waals surface area contributed by atoms with Crippen LogP contribution in [0.25, 0.3) is 0 Å². The Bertz CT molecular complexity index is 343. The first-order valence-electron chi connectivity index (χ1n) is 7.14. The van der Waals surface area contributed by atoms with Crippen molar-refractivity contribution in [3.63, 3.8) is 0 Å². The summed E-state index contributed by atoms with van der Waals surface area (Å²) in [5, 5.41) is 7.04. The summed E-state index contributed by atoms with van der Waals surface area (Å²) in [6.07, 6.45) is 4.95. The van der Waals surface area contributed by atoms with Crippen molar-refractivity contribution in [2.75, 3.05) is 26.2 Å². The Labute approximate surface area is 115 Å². The van der Waals surface area contributed by atoms with Gasteiger partial charge in [0.1, 0.15) is 0 Å². The van der Waals surface area contributed by atoms with E-state index in [1.165, 1.54) is 49.6 Å². The highest BCUT2D eigenvalue weighted by Gasteiger charge is 2.17. The number of rotatable bonds is 6. The second-order valence-electron chi connectivity index (χ2n) is 5.18. The normalized spacial score (nSPS) is 18.3. The van der Waals surface area contributed by atoms with Gasteiger partial charge in [-0.05, 0) is 45.8 Å². The molecule has 1 aliphatic rings. The largest absolute Gasteiger partial charge is 0.313 e. The van der Waals surface area contributed by atoms with E-state index in [0.717, 1.165) is 19.0 Å². The van der Waals surface area contributed by atoms with Gasteiger partial charge in [0.05, 0.1) is 10.7 Å². The van der Waals surface area contributed by atoms with Crippen LogP contribution in [0.15, 0.2) is 5.38 Å². The van der Waals surface area contributed by atoms with E-state index in [-0.39, 0.29) is 0 Å². The number of hydrogen-bond acceptors (Lipinski definition) is 4. The zero-order chi connectivity index (χ0) is 12.8. The molecule has 0 amide bonds. The zero-order valence-corrected chi connectivity index (χ0v) is 12.4. The molecular weight excluding hydrogens is 242 g/mol. The standard InChI is InChI=1S/C14H25N3S/c1-3-8-17-9-5-13(6-10-17)15-7-4-14-11-18-12(2)16-14/h11,13,15H,3-10H2,1-2H3. The van der Waals surface area contributed by atoms with Gasteiger partial charge in [-0.1, -0.05) is 6.92 Å². The second kappa shape index (κ2) is 7.22. The van der Waals surface area contributed by atoms with E-state index in [1.54, 1.807) is 11.3 Å². The van der Waals surface area contributed by atoms with Crippen LogP contribution in [0, 0.1) is 6.92 Å². The summed E-state index contributed by atoms with van der Waals surface area (Å²) in [7, 11) is 0. The fraction of sp³-hybridized carbons (Fsp3) is 0.786. The number of piperidine rings is 1. The monoisotopic (exact) mass is 267 g/mol. The molecule has 0 aliphatic carbocycles. The molecule has 0 saturated carbocycles. The number of nitrogens with zero attached hydrogens (tertiary/aromatic N) is 2. The number of likely N-dealkylation sites (tertiary alicyclic amines) is 1. The van der Waals surface area contributed by atoms with Gasteiger partial charge in [-0.15, -0.1) is 11.3 Å². The van der Waals surface area contributed by atoms with Gasteiger partial charge in [-0.3, -0.25) is 0 Å². The van der Waals surface area contributed by atoms with Crippen LogP contribution in [-0.4, -0.2) is 42.1 Å². The summed E-state index contributed by atoms with van der Waals surface area (Å²) in [5.74, 6) is 0. The average molecular weight is 267 g/mol. The quantitative estimate of drug-likeness (QED) is 0.858. The summed E-state index contributed by atoms with van der Waals surface area (Å²) < 4.78 is 0. The predicted octanol–water partition coefficient (Wildman–Crippen LogP) is 2.46. The van der Waals surface area contributed by atoms with Crippen LogP contribution in [0.5, 0.6) is 0 Å². The van der Waals surface area contributed by atoms with Crippen molar-refractivity contribution in [2.24, 2.45) is 0 Å². The molecule has 4 heteroatoms. The number of aryl methyl sites for hydroxylation is 1. The molecule has 0 radical (unpaired) electrons. The summed E-state index contributed by atoms with van der Waals surface area (Å²) in [6.45, 7) is 9.21. The van der Waals surface area contributed by atoms with Gasteiger partial charge in [0, 0.05) is 24.4 Å². The molecule has 1 aliphatic heterocycles. The molecule has 0 atom stereocenters. The maximum Gasteiger partial charge on any atom is 0.0897 e. The highest BCUT2D eigenvalue weighted by Crippen LogP contribution is 2.11. The molecule has 2 heterocycles. The van der Waals surface area contributed by atoms with Crippen LogP contribution in [0.4, 0.5) is 0 Å². The molecule has 0 aromatic carbocycles. The lowest BCUT2D eigenvalue weighted by atomic mass is 10.0. The molecule has 1 fully saturated rings. The molecule has 1 N–H and O–H groups in total. The Balaban J connectivity index is 1.60. The molecule has 0 bridgehead atoms. The van der Waals surface area contributed by atoms with Crippen molar-refractivity contribution in [1.29, 1.82) is 0 Å². The second-order valence-corrected chi connectivity index (χ2v) is 6.24. The van der Waals surface area contributed by atoms with Crippen LogP contribution < -0.4 is 5.32 Å². The third kappa shape index (κ3) is 4.34. The topological polar surface area (TPSA) is 28.2 Å². The molecule has 1 aromatic heterocycles. The van der Waals surface area contributed by atoms with Gasteiger partial charge in [-0.2, -0.15) is 0 Å². The smallest absolute Gasteiger partial charge is 0.0897 e. The Morgan fingerprint density at radius 3 is 2.83 bits per heavy atom. The van der Waals surface area contributed by atoms with Crippen molar-refractivity contribution in [3.8, 4) is 0 Å². The summed E-state index contributed by atoms with van der Waals surface area (Å²) in [4.78, 5) is 7.09. The van der Waals surface area contributed by atoms with Gasteiger partial charge in [0.25, 0.3) is 0 Å². The van der Waals surface area contributed by atoms with E-state index in [0.29, 0.717) is 0 Å². The SMILES string of the molecule is CCCN1CCC(NCCc2csc(C)n2)CC1. The van der Waals surface area contributed by atoms with E-state index in [4.69, 9.17) is 0 Å². The third-order valence-corrected chi connectivity index (χ3v) is 4.43. The lowest BCUT2D eigenvalue weighted by Gasteiger charge is -2.32. The van der Waals surface area contributed by atoms with Crippen molar-refractivity contribution < 1.29 is 0 Å². The van der Waals surface area contributed by atoms with Crippen molar-refractivity contribution in [3.05, 3.63) is 16.1 Å². The van der Waals surface area contributed by atoms with Gasteiger partial charge in [0.2, 0.25) is 0 Å². The molecule has 1 saturated heterocycles. The lowest BCUT2D eigenvalue weighted by molar-refractivity contribution is 0.198. The Morgan fingerprint density at radius 1 is 1.44 bits per heavy atom. The van der Waals surface area contributed by atoms with Gasteiger partial charge >= 0.3 is 0 Å². The zero-order valence-electron chi connectivity index (χ0n) is 11.6. The van der Waals surface area contributed by atoms with E-state index in [2.05, 4.69) is 34.4 Å². The highest BCUT2D eigenvalue weighted by atomic mass is 32.1. The average Bonchev–Trinajstić information content (AvgIpc) is 2.78. The van der Waals surface area contributed by atoms with Gasteiger partial charge in [-0.25, -0.2) is 4.98 Å². The van der Waals surface area contributed by atoms with Crippen molar-refractivity contribution in [2.45, 2.75) is 45.6 Å². The van der Waals surface area contributed by atoms with Crippen LogP contribution in [0.2, 0.25) is 0 Å². The van der Waals surface area contributed by atoms with Crippen LogP contribution in [0.3, 0.4) is 0 Å². The molecular formula is C14H25N3S. The first-order chi connectivity index (χ1) is 8.78. The molecule has 0 spiro atoms. The fourth-order valence-corrected chi connectivity index (χ4v) is 3.25. The van der Waals surface area contributed by atoms with Crippen LogP contribution in [-0.2, 0) is 6.42 Å². The molecule has 1 aromatic rings. The maximum absolute atomic E-state index is 4.50. The minimum atomic E-state index is 0.720. The Kier molecular flexibility index (Phi) is 5.60. The van der Waals surface area contributed by atoms with Crippen molar-refractivity contribution >= 4 is 11.3 Å². The summed E-state index contributed by atoms with van der Waals surface area (Å²) in [6, 6.07) is 0.720. The molecule has 3 nitrogen and oxygen atoms in total. The predicted molar refractivity (Wildman–Crippen MR) is 78.3 cm³/mol. The van der Waals surface area contributed by atoms with E-state index < -0.39 is 0 Å². The van der Waals surface area contributed by atoms with Crippen LogP contribution >= 0.6 is 11.3 Å². The fourth-order valence-electron chi connectivity index (χ4n) is 2.60. The first-order valence-corrected chi connectivity index (χ1v) is 8.02. The Morgan fingerprint density at radius 2 is 2.22 bits per heavy atom. The Hall–Kier alpha value is -0.450. The van der Waals surface area contributed by atoms with Gasteiger partial charge < -0.3 is 10.2 Å². The van der Waals surface area contributed by atoms with E-state index >= 15 is 0 Å². The molecule has 0 unspecified atom stereocenters. The highest BCUT2D eigenvalue weighted by molar-refractivity contribution is 7.09. The number of nitrogens with one attached hydrogen (secondary N) is 1. The lowest BCUT2D eigenvalue weighted by Crippen LogP contribution is -2.43. The summed E-state index contributed by atoms with van der Waals surface area (Å²) >= 11 is 1.75. The number of thiazole rings is 1. The maximum atomic E-state index is 4.50. The van der Waals surface area contributed by atoms with Gasteiger partial charge in [0.15, 0.2) is 0 Å². The number of hydrogen-bond donors (Lipinski definition) is 1. The van der Waals surface area contributed by atoms with E-state index in [9.17, 15) is 0 Å². The van der Waals surface area contributed by atoms with E-state index in [1.807, 2.05) is 0 Å². The minimum absolute atomic E-state index is 0.720. The van der Waals surface area contributed by atoms with Crippen LogP contribution in [0.1, 0.15) is 36.9 Å². The van der Waals surface area contributed by atoms with Crippen molar-refractivity contribution in [1.82, 2.24) is 15.2 Å². The summed E-state index contributed by atoms with van der Waals surface area (Å²) in [5.41, 5.74) is 1.24. The molecule has 2 rings (SSSR count).